The Kier molecular flexibility index (Phi) is 8.44. The molecule has 1 aromatic heterocycles. The molecule has 0 saturated heterocycles. The fourth-order valence-corrected chi connectivity index (χ4v) is 3.57. The van der Waals surface area contributed by atoms with Crippen LogP contribution in [0.15, 0.2) is 54.9 Å². The third-order valence-corrected chi connectivity index (χ3v) is 5.15. The maximum absolute atomic E-state index is 10.7. The Labute approximate surface area is 187 Å². The largest absolute Gasteiger partial charge is 0.508 e. The van der Waals surface area contributed by atoms with Crippen LogP contribution < -0.4 is 4.74 Å². The number of pyridine rings is 1. The number of aromatic nitrogens is 1. The van der Waals surface area contributed by atoms with Crippen molar-refractivity contribution >= 4 is 0 Å². The van der Waals surface area contributed by atoms with Gasteiger partial charge in [0.25, 0.3) is 0 Å². The van der Waals surface area contributed by atoms with Gasteiger partial charge in [0, 0.05) is 24.0 Å². The Balaban J connectivity index is 1.87. The maximum atomic E-state index is 10.7. The maximum Gasteiger partial charge on any atom is 0.127 e. The average Bonchev–Trinajstić information content (AvgIpc) is 2.81. The van der Waals surface area contributed by atoms with Crippen molar-refractivity contribution in [2.24, 2.45) is 0 Å². The fourth-order valence-electron chi connectivity index (χ4n) is 3.57. The first-order valence-electron chi connectivity index (χ1n) is 10.6. The second-order valence-electron chi connectivity index (χ2n) is 7.43. The molecule has 0 aliphatic carbocycles. The van der Waals surface area contributed by atoms with E-state index in [0.717, 1.165) is 22.3 Å². The minimum atomic E-state index is -0.938. The van der Waals surface area contributed by atoms with Gasteiger partial charge < -0.3 is 29.9 Å². The normalized spacial score (nSPS) is 12.0. The minimum Gasteiger partial charge on any atom is -0.508 e. The van der Waals surface area contributed by atoms with Crippen molar-refractivity contribution in [1.82, 2.24) is 4.98 Å². The molecular formula is C25H29NO6. The highest BCUT2D eigenvalue weighted by molar-refractivity contribution is 5.77. The van der Waals surface area contributed by atoms with Crippen molar-refractivity contribution in [3.05, 3.63) is 71.5 Å². The van der Waals surface area contributed by atoms with Crippen molar-refractivity contribution in [2.45, 2.75) is 32.5 Å². The molecule has 0 bridgehead atoms. The topological polar surface area (TPSA) is 112 Å². The molecule has 7 heteroatoms. The van der Waals surface area contributed by atoms with E-state index in [4.69, 9.17) is 14.6 Å². The van der Waals surface area contributed by atoms with E-state index in [1.54, 1.807) is 12.4 Å². The van der Waals surface area contributed by atoms with Gasteiger partial charge in [-0.25, -0.2) is 0 Å². The summed E-state index contributed by atoms with van der Waals surface area (Å²) in [5.74, 6) is 0.652. The lowest BCUT2D eigenvalue weighted by molar-refractivity contribution is 0.00720. The van der Waals surface area contributed by atoms with Gasteiger partial charge in [0.1, 0.15) is 30.0 Å². The highest BCUT2D eigenvalue weighted by Gasteiger charge is 2.19. The number of phenolic OH excluding ortho intramolecular Hbond substituents is 2. The van der Waals surface area contributed by atoms with Gasteiger partial charge in [-0.15, -0.1) is 0 Å². The smallest absolute Gasteiger partial charge is 0.127 e. The zero-order valence-corrected chi connectivity index (χ0v) is 18.1. The first-order chi connectivity index (χ1) is 15.5. The van der Waals surface area contributed by atoms with Gasteiger partial charge in [-0.1, -0.05) is 19.1 Å². The van der Waals surface area contributed by atoms with Gasteiger partial charge in [0.05, 0.1) is 19.8 Å². The fraction of sp³-hybridized carbons (Fsp3) is 0.320. The molecule has 1 unspecified atom stereocenters. The SMILES string of the molecule is CCc1c(O)cc(O)c(-c2cccc(OCc3ccncc3)c2)c1CCOCC(O)CO. The number of ether oxygens (including phenoxy) is 2. The van der Waals surface area contributed by atoms with Gasteiger partial charge in [-0.05, 0) is 59.4 Å². The predicted molar refractivity (Wildman–Crippen MR) is 121 cm³/mol. The molecular weight excluding hydrogens is 410 g/mol. The van der Waals surface area contributed by atoms with Crippen LogP contribution in [0.25, 0.3) is 11.1 Å². The van der Waals surface area contributed by atoms with Gasteiger partial charge in [0.2, 0.25) is 0 Å². The van der Waals surface area contributed by atoms with Gasteiger partial charge in [-0.2, -0.15) is 0 Å². The van der Waals surface area contributed by atoms with Crippen LogP contribution in [-0.2, 0) is 24.2 Å². The average molecular weight is 440 g/mol. The Hall–Kier alpha value is -3.13. The van der Waals surface area contributed by atoms with E-state index in [-0.39, 0.29) is 31.3 Å². The second-order valence-corrected chi connectivity index (χ2v) is 7.43. The molecule has 2 aromatic carbocycles. The minimum absolute atomic E-state index is 0.0103. The van der Waals surface area contributed by atoms with Crippen LogP contribution >= 0.6 is 0 Å². The van der Waals surface area contributed by atoms with Crippen molar-refractivity contribution in [2.75, 3.05) is 19.8 Å². The molecule has 3 rings (SSSR count). The molecule has 0 spiro atoms. The number of aliphatic hydroxyl groups excluding tert-OH is 2. The van der Waals surface area contributed by atoms with Crippen LogP contribution in [0.4, 0.5) is 0 Å². The third-order valence-electron chi connectivity index (χ3n) is 5.15. The number of nitrogens with zero attached hydrogens (tertiary/aromatic N) is 1. The lowest BCUT2D eigenvalue weighted by atomic mass is 9.90. The molecule has 0 fully saturated rings. The van der Waals surface area contributed by atoms with E-state index < -0.39 is 6.10 Å². The zero-order chi connectivity index (χ0) is 22.9. The van der Waals surface area contributed by atoms with E-state index >= 15 is 0 Å². The van der Waals surface area contributed by atoms with Crippen molar-refractivity contribution in [3.8, 4) is 28.4 Å². The highest BCUT2D eigenvalue weighted by Crippen LogP contribution is 2.41. The summed E-state index contributed by atoms with van der Waals surface area (Å²) in [6.07, 6.45) is 3.48. The first kappa shape index (κ1) is 23.5. The quantitative estimate of drug-likeness (QED) is 0.339. The molecule has 0 amide bonds. The molecule has 170 valence electrons. The Morgan fingerprint density at radius 1 is 1.00 bits per heavy atom. The van der Waals surface area contributed by atoms with Crippen LogP contribution in [0.1, 0.15) is 23.6 Å². The van der Waals surface area contributed by atoms with E-state index in [9.17, 15) is 15.3 Å². The first-order valence-corrected chi connectivity index (χ1v) is 10.6. The molecule has 0 saturated carbocycles. The molecule has 0 aliphatic heterocycles. The Bertz CT molecular complexity index is 1010. The number of hydrogen-bond acceptors (Lipinski definition) is 7. The Morgan fingerprint density at radius 2 is 1.78 bits per heavy atom. The summed E-state index contributed by atoms with van der Waals surface area (Å²) in [5.41, 5.74) is 3.87. The molecule has 7 nitrogen and oxygen atoms in total. The molecule has 4 N–H and O–H groups in total. The van der Waals surface area contributed by atoms with E-state index in [0.29, 0.717) is 30.8 Å². The molecule has 1 heterocycles. The molecule has 3 aromatic rings. The van der Waals surface area contributed by atoms with E-state index in [1.165, 1.54) is 6.07 Å². The van der Waals surface area contributed by atoms with Crippen LogP contribution in [0.2, 0.25) is 0 Å². The molecule has 32 heavy (non-hydrogen) atoms. The number of benzene rings is 2. The van der Waals surface area contributed by atoms with Crippen LogP contribution in [0, 0.1) is 0 Å². The van der Waals surface area contributed by atoms with Crippen LogP contribution in [-0.4, -0.2) is 51.3 Å². The van der Waals surface area contributed by atoms with E-state index in [2.05, 4.69) is 4.98 Å². The summed E-state index contributed by atoms with van der Waals surface area (Å²) in [5, 5.41) is 39.5. The summed E-state index contributed by atoms with van der Waals surface area (Å²) >= 11 is 0. The second kappa shape index (κ2) is 11.5. The predicted octanol–water partition coefficient (Wildman–Crippen LogP) is 3.21. The van der Waals surface area contributed by atoms with Gasteiger partial charge in [-0.3, -0.25) is 4.98 Å². The zero-order valence-electron chi connectivity index (χ0n) is 18.1. The standard InChI is InChI=1S/C25H29NO6/c1-2-21-22(8-11-31-16-19(28)14-27)25(24(30)13-23(21)29)18-4-3-5-20(12-18)32-15-17-6-9-26-10-7-17/h3-7,9-10,12-13,19,27-30H,2,8,11,14-16H2,1H3. The van der Waals surface area contributed by atoms with Crippen molar-refractivity contribution in [1.29, 1.82) is 0 Å². The third kappa shape index (κ3) is 5.97. The summed E-state index contributed by atoms with van der Waals surface area (Å²) < 4.78 is 11.4. The summed E-state index contributed by atoms with van der Waals surface area (Å²) in [7, 11) is 0. The molecule has 0 aliphatic rings. The Morgan fingerprint density at radius 3 is 2.50 bits per heavy atom. The summed E-state index contributed by atoms with van der Waals surface area (Å²) in [4.78, 5) is 4.00. The lowest BCUT2D eigenvalue weighted by Crippen LogP contribution is -2.20. The highest BCUT2D eigenvalue weighted by atomic mass is 16.5. The van der Waals surface area contributed by atoms with E-state index in [1.807, 2.05) is 43.3 Å². The van der Waals surface area contributed by atoms with Gasteiger partial charge >= 0.3 is 0 Å². The number of phenols is 2. The molecule has 1 atom stereocenters. The van der Waals surface area contributed by atoms with Crippen molar-refractivity contribution in [3.63, 3.8) is 0 Å². The van der Waals surface area contributed by atoms with Gasteiger partial charge in [0.15, 0.2) is 0 Å². The summed E-state index contributed by atoms with van der Waals surface area (Å²) in [6, 6.07) is 12.6. The number of rotatable bonds is 11. The number of aliphatic hydroxyl groups is 2. The van der Waals surface area contributed by atoms with Crippen LogP contribution in [0.5, 0.6) is 17.2 Å². The van der Waals surface area contributed by atoms with Crippen molar-refractivity contribution < 1.29 is 29.9 Å². The molecule has 0 radical (unpaired) electrons. The van der Waals surface area contributed by atoms with Crippen LogP contribution in [0.3, 0.4) is 0 Å². The number of aromatic hydroxyl groups is 2. The number of hydrogen-bond donors (Lipinski definition) is 4. The summed E-state index contributed by atoms with van der Waals surface area (Å²) in [6.45, 7) is 2.23. The lowest BCUT2D eigenvalue weighted by Gasteiger charge is -2.19. The monoisotopic (exact) mass is 439 g/mol.